The molecular weight excluding hydrogens is 362 g/mol. The van der Waals surface area contributed by atoms with E-state index < -0.39 is 0 Å². The van der Waals surface area contributed by atoms with Crippen LogP contribution >= 0.6 is 11.6 Å². The summed E-state index contributed by atoms with van der Waals surface area (Å²) in [6.07, 6.45) is 3.87. The Labute approximate surface area is 161 Å². The summed E-state index contributed by atoms with van der Waals surface area (Å²) < 4.78 is 6.27. The largest absolute Gasteiger partial charge is 0.508 e. The van der Waals surface area contributed by atoms with Gasteiger partial charge in [0.15, 0.2) is 0 Å². The lowest BCUT2D eigenvalue weighted by Crippen LogP contribution is -2.33. The Morgan fingerprint density at radius 2 is 2.04 bits per heavy atom. The molecule has 3 aromatic rings. The molecule has 5 rings (SSSR count). The molecule has 1 aromatic heterocycles. The van der Waals surface area contributed by atoms with Crippen LogP contribution in [0.3, 0.4) is 0 Å². The quantitative estimate of drug-likeness (QED) is 0.704. The number of ether oxygens (including phenoxy) is 1. The average molecular weight is 378 g/mol. The highest BCUT2D eigenvalue weighted by molar-refractivity contribution is 6.30. The highest BCUT2D eigenvalue weighted by Gasteiger charge is 2.41. The van der Waals surface area contributed by atoms with Crippen LogP contribution in [0.4, 0.5) is 0 Å². The van der Waals surface area contributed by atoms with Crippen LogP contribution in [0, 0.1) is 0 Å². The molecule has 0 bridgehead atoms. The summed E-state index contributed by atoms with van der Waals surface area (Å²) in [6.45, 7) is 0. The molecule has 2 aromatic carbocycles. The minimum Gasteiger partial charge on any atom is -0.508 e. The van der Waals surface area contributed by atoms with Crippen molar-refractivity contribution in [1.82, 2.24) is 9.99 Å². The van der Waals surface area contributed by atoms with Gasteiger partial charge in [-0.3, -0.25) is 4.98 Å². The maximum Gasteiger partial charge on any atom is 0.215 e. The van der Waals surface area contributed by atoms with Gasteiger partial charge in [-0.25, -0.2) is 5.01 Å². The number of hydrazone groups is 1. The predicted octanol–water partition coefficient (Wildman–Crippen LogP) is 4.68. The Morgan fingerprint density at radius 3 is 2.85 bits per heavy atom. The number of rotatable bonds is 2. The van der Waals surface area contributed by atoms with Gasteiger partial charge in [0.2, 0.25) is 6.23 Å². The number of pyridine rings is 1. The van der Waals surface area contributed by atoms with E-state index in [1.165, 1.54) is 0 Å². The minimum absolute atomic E-state index is 0.00926. The first kappa shape index (κ1) is 16.1. The van der Waals surface area contributed by atoms with E-state index in [1.807, 2.05) is 47.5 Å². The third-order valence-corrected chi connectivity index (χ3v) is 5.14. The van der Waals surface area contributed by atoms with Gasteiger partial charge in [-0.05, 0) is 36.4 Å². The molecule has 2 atom stereocenters. The van der Waals surface area contributed by atoms with Crippen molar-refractivity contribution in [3.63, 3.8) is 0 Å². The summed E-state index contributed by atoms with van der Waals surface area (Å²) in [5.41, 5.74) is 3.75. The number of benzene rings is 2. The molecule has 0 saturated carbocycles. The van der Waals surface area contributed by atoms with Gasteiger partial charge < -0.3 is 9.84 Å². The third-order valence-electron chi connectivity index (χ3n) is 4.90. The van der Waals surface area contributed by atoms with E-state index in [-0.39, 0.29) is 18.0 Å². The zero-order chi connectivity index (χ0) is 18.4. The van der Waals surface area contributed by atoms with Crippen LogP contribution in [0.5, 0.6) is 11.5 Å². The SMILES string of the molecule is Oc1cccc(C2=NN3[C@@H](c4cccnc4)Oc4ccc(Cl)cc4[C@@H]3C2)c1. The predicted molar refractivity (Wildman–Crippen MR) is 103 cm³/mol. The lowest BCUT2D eigenvalue weighted by molar-refractivity contribution is -0.0192. The van der Waals surface area contributed by atoms with Crippen molar-refractivity contribution in [2.24, 2.45) is 5.10 Å². The van der Waals surface area contributed by atoms with Gasteiger partial charge >= 0.3 is 0 Å². The van der Waals surface area contributed by atoms with Crippen molar-refractivity contribution in [2.75, 3.05) is 0 Å². The van der Waals surface area contributed by atoms with E-state index in [2.05, 4.69) is 4.98 Å². The first-order valence-electron chi connectivity index (χ1n) is 8.70. The highest BCUT2D eigenvalue weighted by Crippen LogP contribution is 2.48. The molecule has 0 saturated heterocycles. The van der Waals surface area contributed by atoms with Gasteiger partial charge in [0.1, 0.15) is 11.5 Å². The molecule has 2 aliphatic rings. The highest BCUT2D eigenvalue weighted by atomic mass is 35.5. The summed E-state index contributed by atoms with van der Waals surface area (Å²) in [7, 11) is 0. The Balaban J connectivity index is 1.61. The molecule has 27 heavy (non-hydrogen) atoms. The lowest BCUT2D eigenvalue weighted by atomic mass is 9.96. The third kappa shape index (κ3) is 2.80. The standard InChI is InChI=1S/C21H16ClN3O2/c22-15-6-7-20-17(10-15)19-11-18(13-3-1-5-16(26)9-13)24-25(19)21(27-20)14-4-2-8-23-12-14/h1-10,12,19,21,26H,11H2/t19-,21+/m0/s1. The van der Waals surface area contributed by atoms with E-state index >= 15 is 0 Å². The maximum atomic E-state index is 9.84. The van der Waals surface area contributed by atoms with Gasteiger partial charge in [0.05, 0.1) is 11.8 Å². The Hall–Kier alpha value is -3.05. The first-order valence-corrected chi connectivity index (χ1v) is 9.08. The fraction of sp³-hybridized carbons (Fsp3) is 0.143. The summed E-state index contributed by atoms with van der Waals surface area (Å²) in [5, 5.41) is 17.3. The van der Waals surface area contributed by atoms with Crippen molar-refractivity contribution in [3.8, 4) is 11.5 Å². The van der Waals surface area contributed by atoms with Crippen molar-refractivity contribution < 1.29 is 9.84 Å². The molecule has 5 nitrogen and oxygen atoms in total. The van der Waals surface area contributed by atoms with Crippen LogP contribution in [0.2, 0.25) is 5.02 Å². The Kier molecular flexibility index (Phi) is 3.76. The molecule has 0 fully saturated rings. The van der Waals surface area contributed by atoms with Crippen molar-refractivity contribution in [2.45, 2.75) is 18.7 Å². The smallest absolute Gasteiger partial charge is 0.215 e. The summed E-state index contributed by atoms with van der Waals surface area (Å²) in [4.78, 5) is 4.22. The molecule has 0 radical (unpaired) electrons. The monoisotopic (exact) mass is 377 g/mol. The average Bonchev–Trinajstić information content (AvgIpc) is 3.14. The lowest BCUT2D eigenvalue weighted by Gasteiger charge is -2.38. The number of nitrogens with zero attached hydrogens (tertiary/aromatic N) is 3. The number of fused-ring (bicyclic) bond motifs is 3. The van der Waals surface area contributed by atoms with E-state index in [0.717, 1.165) is 28.2 Å². The van der Waals surface area contributed by atoms with Crippen LogP contribution in [0.1, 0.15) is 35.4 Å². The molecule has 0 unspecified atom stereocenters. The number of aromatic hydroxyl groups is 1. The zero-order valence-corrected chi connectivity index (χ0v) is 15.0. The van der Waals surface area contributed by atoms with E-state index in [1.54, 1.807) is 24.5 Å². The van der Waals surface area contributed by atoms with Crippen molar-refractivity contribution in [1.29, 1.82) is 0 Å². The van der Waals surface area contributed by atoms with E-state index in [4.69, 9.17) is 21.4 Å². The molecule has 0 aliphatic carbocycles. The zero-order valence-electron chi connectivity index (χ0n) is 14.3. The van der Waals surface area contributed by atoms with Crippen LogP contribution in [0.15, 0.2) is 72.1 Å². The van der Waals surface area contributed by atoms with Gasteiger partial charge in [0, 0.05) is 40.5 Å². The Bertz CT molecular complexity index is 1040. The molecule has 0 spiro atoms. The normalized spacial score (nSPS) is 20.5. The van der Waals surface area contributed by atoms with Crippen molar-refractivity contribution in [3.05, 3.63) is 88.7 Å². The number of aromatic nitrogens is 1. The molecule has 3 heterocycles. The van der Waals surface area contributed by atoms with Gasteiger partial charge in [0.25, 0.3) is 0 Å². The van der Waals surface area contributed by atoms with Gasteiger partial charge in [-0.1, -0.05) is 29.8 Å². The summed E-state index contributed by atoms with van der Waals surface area (Å²) in [5.74, 6) is 1.03. The van der Waals surface area contributed by atoms with Crippen LogP contribution in [-0.4, -0.2) is 20.8 Å². The number of hydrogen-bond acceptors (Lipinski definition) is 5. The van der Waals surface area contributed by atoms with Crippen molar-refractivity contribution >= 4 is 17.3 Å². The second-order valence-electron chi connectivity index (χ2n) is 6.64. The van der Waals surface area contributed by atoms with E-state index in [0.29, 0.717) is 11.4 Å². The van der Waals surface area contributed by atoms with Crippen LogP contribution < -0.4 is 4.74 Å². The minimum atomic E-state index is -0.368. The topological polar surface area (TPSA) is 58.0 Å². The fourth-order valence-corrected chi connectivity index (χ4v) is 3.84. The number of phenolic OH excluding ortho intramolecular Hbond substituents is 1. The van der Waals surface area contributed by atoms with Crippen LogP contribution in [0.25, 0.3) is 0 Å². The Morgan fingerprint density at radius 1 is 1.11 bits per heavy atom. The molecule has 134 valence electrons. The maximum absolute atomic E-state index is 9.84. The molecule has 1 N–H and O–H groups in total. The fourth-order valence-electron chi connectivity index (χ4n) is 3.66. The molecule has 0 amide bonds. The summed E-state index contributed by atoms with van der Waals surface area (Å²) in [6, 6.07) is 16.7. The summed E-state index contributed by atoms with van der Waals surface area (Å²) >= 11 is 6.24. The first-order chi connectivity index (χ1) is 13.2. The van der Waals surface area contributed by atoms with Gasteiger partial charge in [-0.15, -0.1) is 0 Å². The number of halogens is 1. The second-order valence-corrected chi connectivity index (χ2v) is 7.07. The number of phenols is 1. The van der Waals surface area contributed by atoms with E-state index in [9.17, 15) is 5.11 Å². The molecule has 2 aliphatic heterocycles. The number of hydrogen-bond donors (Lipinski definition) is 1. The van der Waals surface area contributed by atoms with Crippen LogP contribution in [-0.2, 0) is 0 Å². The second kappa shape index (κ2) is 6.28. The van der Waals surface area contributed by atoms with Gasteiger partial charge in [-0.2, -0.15) is 5.10 Å². The molecular formula is C21H16ClN3O2. The molecule has 6 heteroatoms.